The van der Waals surface area contributed by atoms with Gasteiger partial charge in [0.25, 0.3) is 0 Å². The number of alkyl halides is 1. The van der Waals surface area contributed by atoms with Crippen molar-refractivity contribution in [3.05, 3.63) is 42.5 Å². The molecule has 1 aromatic heterocycles. The zero-order chi connectivity index (χ0) is 22.9. The van der Waals surface area contributed by atoms with Crippen molar-refractivity contribution < 1.29 is 9.47 Å². The molecule has 1 fully saturated rings. The second kappa shape index (κ2) is 12.7. The minimum Gasteiger partial charge on any atom is -0.493 e. The minimum absolute atomic E-state index is 0.701. The number of thiazole rings is 1. The van der Waals surface area contributed by atoms with E-state index >= 15 is 0 Å². The SMILES string of the molecule is COc1ccc(-c2nc3ccccc3s2)cc1OCCCCN1CCN(CCCCBr)CC1. The number of rotatable bonds is 12. The number of fused-ring (bicyclic) bond motifs is 1. The molecule has 7 heteroatoms. The summed E-state index contributed by atoms with van der Waals surface area (Å²) in [6, 6.07) is 14.4. The zero-order valence-corrected chi connectivity index (χ0v) is 21.9. The van der Waals surface area contributed by atoms with Gasteiger partial charge in [-0.1, -0.05) is 28.1 Å². The van der Waals surface area contributed by atoms with E-state index in [1.807, 2.05) is 12.1 Å². The first kappa shape index (κ1) is 24.5. The maximum absolute atomic E-state index is 6.15. The van der Waals surface area contributed by atoms with Crippen LogP contribution in [-0.2, 0) is 0 Å². The Bertz CT molecular complexity index is 971. The summed E-state index contributed by atoms with van der Waals surface area (Å²) >= 11 is 5.23. The van der Waals surface area contributed by atoms with Crippen molar-refractivity contribution in [2.45, 2.75) is 25.7 Å². The maximum atomic E-state index is 6.15. The normalized spacial score (nSPS) is 15.2. The fourth-order valence-electron chi connectivity index (χ4n) is 4.20. The van der Waals surface area contributed by atoms with E-state index in [4.69, 9.17) is 14.5 Å². The number of hydrogen-bond donors (Lipinski definition) is 0. The van der Waals surface area contributed by atoms with Gasteiger partial charge in [-0.25, -0.2) is 4.98 Å². The summed E-state index contributed by atoms with van der Waals surface area (Å²) in [6.45, 7) is 7.88. The Balaban J connectivity index is 1.23. The second-order valence-electron chi connectivity index (χ2n) is 8.49. The van der Waals surface area contributed by atoms with Crippen molar-refractivity contribution in [3.8, 4) is 22.1 Å². The first-order valence-corrected chi connectivity index (χ1v) is 13.9. The van der Waals surface area contributed by atoms with Gasteiger partial charge < -0.3 is 19.3 Å². The number of aromatic nitrogens is 1. The van der Waals surface area contributed by atoms with Crippen LogP contribution in [0.5, 0.6) is 11.5 Å². The molecule has 2 heterocycles. The van der Waals surface area contributed by atoms with E-state index in [1.165, 1.54) is 50.3 Å². The third-order valence-electron chi connectivity index (χ3n) is 6.15. The number of benzene rings is 2. The largest absolute Gasteiger partial charge is 0.493 e. The van der Waals surface area contributed by atoms with Crippen LogP contribution in [0.25, 0.3) is 20.8 Å². The molecule has 5 nitrogen and oxygen atoms in total. The average Bonchev–Trinajstić information content (AvgIpc) is 3.29. The van der Waals surface area contributed by atoms with Crippen LogP contribution >= 0.6 is 27.3 Å². The van der Waals surface area contributed by atoms with Crippen LogP contribution in [0.2, 0.25) is 0 Å². The molecule has 1 aliphatic rings. The van der Waals surface area contributed by atoms with Gasteiger partial charge in [0.2, 0.25) is 0 Å². The molecule has 2 aromatic carbocycles. The van der Waals surface area contributed by atoms with E-state index in [0.717, 1.165) is 52.3 Å². The fraction of sp³-hybridized carbons (Fsp3) is 0.500. The number of unbranched alkanes of at least 4 members (excludes halogenated alkanes) is 2. The lowest BCUT2D eigenvalue weighted by atomic mass is 10.2. The third kappa shape index (κ3) is 6.92. The first-order chi connectivity index (χ1) is 16.3. The predicted molar refractivity (Wildman–Crippen MR) is 142 cm³/mol. The van der Waals surface area contributed by atoms with Gasteiger partial charge in [-0.15, -0.1) is 11.3 Å². The maximum Gasteiger partial charge on any atom is 0.161 e. The zero-order valence-electron chi connectivity index (χ0n) is 19.5. The quantitative estimate of drug-likeness (QED) is 0.214. The van der Waals surface area contributed by atoms with E-state index in [2.05, 4.69) is 56.1 Å². The number of ether oxygens (including phenoxy) is 2. The van der Waals surface area contributed by atoms with Crippen molar-refractivity contribution in [3.63, 3.8) is 0 Å². The van der Waals surface area contributed by atoms with E-state index < -0.39 is 0 Å². The van der Waals surface area contributed by atoms with E-state index in [9.17, 15) is 0 Å². The van der Waals surface area contributed by atoms with Gasteiger partial charge in [0.1, 0.15) is 5.01 Å². The highest BCUT2D eigenvalue weighted by Gasteiger charge is 2.16. The topological polar surface area (TPSA) is 37.8 Å². The summed E-state index contributed by atoms with van der Waals surface area (Å²) in [4.78, 5) is 9.97. The first-order valence-electron chi connectivity index (χ1n) is 11.9. The standard InChI is InChI=1S/C26H34BrN3O2S/c1-31-23-11-10-21(26-28-22-8-2-3-9-25(22)33-26)20-24(23)32-19-7-6-14-30-17-15-29(16-18-30)13-5-4-12-27/h2-3,8-11,20H,4-7,12-19H2,1H3. The average molecular weight is 533 g/mol. The van der Waals surface area contributed by atoms with E-state index in [-0.39, 0.29) is 0 Å². The molecule has 0 amide bonds. The lowest BCUT2D eigenvalue weighted by Crippen LogP contribution is -2.46. The molecule has 0 bridgehead atoms. The monoisotopic (exact) mass is 531 g/mol. The molecule has 3 aromatic rings. The van der Waals surface area contributed by atoms with Crippen LogP contribution in [0, 0.1) is 0 Å². The molecule has 0 saturated carbocycles. The van der Waals surface area contributed by atoms with Gasteiger partial charge in [-0.3, -0.25) is 0 Å². The summed E-state index contributed by atoms with van der Waals surface area (Å²) in [5.74, 6) is 1.57. The lowest BCUT2D eigenvalue weighted by molar-refractivity contribution is 0.128. The van der Waals surface area contributed by atoms with Gasteiger partial charge in [0.15, 0.2) is 11.5 Å². The molecule has 0 unspecified atom stereocenters. The minimum atomic E-state index is 0.701. The Hall–Kier alpha value is -1.67. The molecule has 0 aliphatic carbocycles. The van der Waals surface area contributed by atoms with E-state index in [0.29, 0.717) is 6.61 Å². The highest BCUT2D eigenvalue weighted by atomic mass is 79.9. The number of halogens is 1. The highest BCUT2D eigenvalue weighted by Crippen LogP contribution is 2.36. The third-order valence-corrected chi connectivity index (χ3v) is 7.80. The summed E-state index contributed by atoms with van der Waals surface area (Å²) in [7, 11) is 1.69. The second-order valence-corrected chi connectivity index (χ2v) is 10.3. The van der Waals surface area contributed by atoms with Crippen LogP contribution in [0.1, 0.15) is 25.7 Å². The van der Waals surface area contributed by atoms with Crippen LogP contribution in [-0.4, -0.2) is 73.1 Å². The smallest absolute Gasteiger partial charge is 0.161 e. The van der Waals surface area contributed by atoms with Crippen LogP contribution < -0.4 is 9.47 Å². The molecule has 1 saturated heterocycles. The van der Waals surface area contributed by atoms with Crippen LogP contribution in [0.4, 0.5) is 0 Å². The molecular formula is C26H34BrN3O2S. The van der Waals surface area contributed by atoms with Gasteiger partial charge in [0.05, 0.1) is 23.9 Å². The molecule has 0 atom stereocenters. The number of para-hydroxylation sites is 1. The summed E-state index contributed by atoms with van der Waals surface area (Å²) in [5.41, 5.74) is 2.11. The Labute approximate surface area is 209 Å². The van der Waals surface area contributed by atoms with Crippen molar-refractivity contribution >= 4 is 37.5 Å². The van der Waals surface area contributed by atoms with Crippen molar-refractivity contribution in [2.75, 3.05) is 58.3 Å². The summed E-state index contributed by atoms with van der Waals surface area (Å²) < 4.78 is 12.9. The Morgan fingerprint density at radius 3 is 2.33 bits per heavy atom. The van der Waals surface area contributed by atoms with Crippen molar-refractivity contribution in [1.82, 2.24) is 14.8 Å². The molecule has 4 rings (SSSR count). The van der Waals surface area contributed by atoms with Crippen LogP contribution in [0.3, 0.4) is 0 Å². The van der Waals surface area contributed by atoms with Gasteiger partial charge in [-0.2, -0.15) is 0 Å². The number of piperazine rings is 1. The molecule has 0 N–H and O–H groups in total. The Kier molecular flexibility index (Phi) is 9.41. The summed E-state index contributed by atoms with van der Waals surface area (Å²) in [5, 5.41) is 2.13. The molecule has 0 radical (unpaired) electrons. The highest BCUT2D eigenvalue weighted by molar-refractivity contribution is 9.09. The molecule has 178 valence electrons. The molecule has 1 aliphatic heterocycles. The molecule has 0 spiro atoms. The Morgan fingerprint density at radius 1 is 0.909 bits per heavy atom. The van der Waals surface area contributed by atoms with Gasteiger partial charge in [-0.05, 0) is 69.1 Å². The van der Waals surface area contributed by atoms with E-state index in [1.54, 1.807) is 18.4 Å². The van der Waals surface area contributed by atoms with Crippen molar-refractivity contribution in [2.24, 2.45) is 0 Å². The van der Waals surface area contributed by atoms with Gasteiger partial charge >= 0.3 is 0 Å². The van der Waals surface area contributed by atoms with Gasteiger partial charge in [0, 0.05) is 37.1 Å². The molecule has 33 heavy (non-hydrogen) atoms. The van der Waals surface area contributed by atoms with Crippen LogP contribution in [0.15, 0.2) is 42.5 Å². The number of methoxy groups -OCH3 is 1. The molecular weight excluding hydrogens is 498 g/mol. The van der Waals surface area contributed by atoms with Crippen molar-refractivity contribution in [1.29, 1.82) is 0 Å². The predicted octanol–water partition coefficient (Wildman–Crippen LogP) is 5.92. The number of hydrogen-bond acceptors (Lipinski definition) is 6. The lowest BCUT2D eigenvalue weighted by Gasteiger charge is -2.34. The number of nitrogens with zero attached hydrogens (tertiary/aromatic N) is 3. The Morgan fingerprint density at radius 2 is 1.64 bits per heavy atom. The summed E-state index contributed by atoms with van der Waals surface area (Å²) in [6.07, 6.45) is 4.77. The fourth-order valence-corrected chi connectivity index (χ4v) is 5.56.